The zero-order valence-corrected chi connectivity index (χ0v) is 10.9. The summed E-state index contributed by atoms with van der Waals surface area (Å²) in [5, 5.41) is 9.41. The lowest BCUT2D eigenvalue weighted by Crippen LogP contribution is -2.25. The minimum atomic E-state index is 0.0794. The lowest BCUT2D eigenvalue weighted by Gasteiger charge is -2.21. The third kappa shape index (κ3) is 3.23. The van der Waals surface area contributed by atoms with E-state index in [1.165, 1.54) is 23.2 Å². The van der Waals surface area contributed by atoms with Gasteiger partial charge in [0.1, 0.15) is 0 Å². The van der Waals surface area contributed by atoms with Crippen molar-refractivity contribution in [1.29, 1.82) is 0 Å². The van der Waals surface area contributed by atoms with Crippen LogP contribution in [0.2, 0.25) is 0 Å². The van der Waals surface area contributed by atoms with Crippen LogP contribution in [0.25, 0.3) is 0 Å². The van der Waals surface area contributed by atoms with E-state index in [1.54, 1.807) is 7.05 Å². The number of carbonyl (C=O) groups excluding carboxylic acids is 1. The zero-order chi connectivity index (χ0) is 12.8. The molecule has 18 heavy (non-hydrogen) atoms. The summed E-state index contributed by atoms with van der Waals surface area (Å²) in [5.41, 5.74) is 3.99. The van der Waals surface area contributed by atoms with Crippen molar-refractivity contribution in [2.45, 2.75) is 25.8 Å². The summed E-state index contributed by atoms with van der Waals surface area (Å²) in [7, 11) is 1.67. The topological polar surface area (TPSA) is 53.2 Å². The first-order valence-corrected chi connectivity index (χ1v) is 6.57. The van der Waals surface area contributed by atoms with Gasteiger partial charge in [0, 0.05) is 38.8 Å². The molecule has 1 amide bonds. The van der Waals surface area contributed by atoms with Crippen molar-refractivity contribution in [3.63, 3.8) is 0 Å². The van der Waals surface area contributed by atoms with Crippen LogP contribution in [-0.2, 0) is 17.8 Å². The highest BCUT2D eigenvalue weighted by molar-refractivity contribution is 5.75. The fourth-order valence-electron chi connectivity index (χ4n) is 2.28. The third-order valence-corrected chi connectivity index (χ3v) is 3.28. The Balaban J connectivity index is 1.88. The molecule has 0 fully saturated rings. The average Bonchev–Trinajstić information content (AvgIpc) is 2.43. The lowest BCUT2D eigenvalue weighted by atomic mass is 9.99. The van der Waals surface area contributed by atoms with Gasteiger partial charge < -0.3 is 16.0 Å². The van der Waals surface area contributed by atoms with Crippen LogP contribution in [0.15, 0.2) is 18.2 Å². The highest BCUT2D eigenvalue weighted by Crippen LogP contribution is 2.25. The fourth-order valence-corrected chi connectivity index (χ4v) is 2.28. The van der Waals surface area contributed by atoms with Crippen molar-refractivity contribution >= 4 is 11.6 Å². The van der Waals surface area contributed by atoms with E-state index >= 15 is 0 Å². The number of carbonyl (C=O) groups is 1. The molecule has 0 aromatic heterocycles. The SMILES string of the molecule is CNC(=O)CCNCc1cccc2c1NCCC2. The Labute approximate surface area is 108 Å². The van der Waals surface area contributed by atoms with Crippen LogP contribution >= 0.6 is 0 Å². The summed E-state index contributed by atoms with van der Waals surface area (Å²) >= 11 is 0. The van der Waals surface area contributed by atoms with Gasteiger partial charge in [-0.25, -0.2) is 0 Å². The maximum Gasteiger partial charge on any atom is 0.221 e. The summed E-state index contributed by atoms with van der Waals surface area (Å²) < 4.78 is 0. The number of amides is 1. The normalized spacial score (nSPS) is 13.6. The second-order valence-electron chi connectivity index (χ2n) is 4.58. The molecule has 3 N–H and O–H groups in total. The molecule has 0 spiro atoms. The summed E-state index contributed by atoms with van der Waals surface area (Å²) in [6, 6.07) is 6.45. The van der Waals surface area contributed by atoms with Crippen molar-refractivity contribution in [3.05, 3.63) is 29.3 Å². The van der Waals surface area contributed by atoms with Gasteiger partial charge in [0.25, 0.3) is 0 Å². The minimum Gasteiger partial charge on any atom is -0.385 e. The van der Waals surface area contributed by atoms with Crippen molar-refractivity contribution in [3.8, 4) is 0 Å². The number of aryl methyl sites for hydroxylation is 1. The Bertz CT molecular complexity index is 418. The highest BCUT2D eigenvalue weighted by Gasteiger charge is 2.11. The maximum absolute atomic E-state index is 11.1. The van der Waals surface area contributed by atoms with Gasteiger partial charge in [0.2, 0.25) is 5.91 Å². The van der Waals surface area contributed by atoms with Crippen LogP contribution in [0.4, 0.5) is 5.69 Å². The second kappa shape index (κ2) is 6.40. The van der Waals surface area contributed by atoms with Crippen LogP contribution in [0.5, 0.6) is 0 Å². The number of rotatable bonds is 5. The summed E-state index contributed by atoms with van der Waals surface area (Å²) in [6.45, 7) is 2.58. The quantitative estimate of drug-likeness (QED) is 0.687. The summed E-state index contributed by atoms with van der Waals surface area (Å²) in [6.07, 6.45) is 2.90. The molecule has 1 heterocycles. The van der Waals surface area contributed by atoms with Gasteiger partial charge in [-0.15, -0.1) is 0 Å². The predicted octanol–water partition coefficient (Wildman–Crippen LogP) is 1.27. The van der Waals surface area contributed by atoms with E-state index in [0.29, 0.717) is 13.0 Å². The van der Waals surface area contributed by atoms with E-state index in [0.717, 1.165) is 19.5 Å². The number of fused-ring (bicyclic) bond motifs is 1. The number of hydrogen-bond acceptors (Lipinski definition) is 3. The number of benzene rings is 1. The van der Waals surface area contributed by atoms with E-state index in [-0.39, 0.29) is 5.91 Å². The van der Waals surface area contributed by atoms with Crippen molar-refractivity contribution in [2.75, 3.05) is 25.5 Å². The minimum absolute atomic E-state index is 0.0794. The highest BCUT2D eigenvalue weighted by atomic mass is 16.1. The smallest absolute Gasteiger partial charge is 0.221 e. The molecule has 0 saturated heterocycles. The predicted molar refractivity (Wildman–Crippen MR) is 73.6 cm³/mol. The number of para-hydroxylation sites is 1. The molecule has 0 bridgehead atoms. The molecule has 98 valence electrons. The summed E-state index contributed by atoms with van der Waals surface area (Å²) in [5.74, 6) is 0.0794. The van der Waals surface area contributed by atoms with E-state index in [2.05, 4.69) is 34.1 Å². The molecule has 4 heteroatoms. The van der Waals surface area contributed by atoms with Crippen LogP contribution in [-0.4, -0.2) is 26.0 Å². The second-order valence-corrected chi connectivity index (χ2v) is 4.58. The Kier molecular flexibility index (Phi) is 4.59. The van der Waals surface area contributed by atoms with Crippen LogP contribution < -0.4 is 16.0 Å². The zero-order valence-electron chi connectivity index (χ0n) is 10.9. The number of hydrogen-bond donors (Lipinski definition) is 3. The van der Waals surface area contributed by atoms with Crippen LogP contribution in [0.3, 0.4) is 0 Å². The fraction of sp³-hybridized carbons (Fsp3) is 0.500. The van der Waals surface area contributed by atoms with Crippen molar-refractivity contribution < 1.29 is 4.79 Å². The molecule has 4 nitrogen and oxygen atoms in total. The largest absolute Gasteiger partial charge is 0.385 e. The van der Waals surface area contributed by atoms with Gasteiger partial charge in [-0.05, 0) is 24.0 Å². The lowest BCUT2D eigenvalue weighted by molar-refractivity contribution is -0.120. The van der Waals surface area contributed by atoms with Crippen molar-refractivity contribution in [2.24, 2.45) is 0 Å². The molecule has 0 unspecified atom stereocenters. The average molecular weight is 247 g/mol. The molecular formula is C14H21N3O. The van der Waals surface area contributed by atoms with E-state index in [9.17, 15) is 4.79 Å². The Morgan fingerprint density at radius 3 is 3.17 bits per heavy atom. The van der Waals surface area contributed by atoms with Gasteiger partial charge in [-0.1, -0.05) is 18.2 Å². The van der Waals surface area contributed by atoms with Crippen LogP contribution in [0, 0.1) is 0 Å². The first-order chi connectivity index (χ1) is 8.81. The standard InChI is InChI=1S/C14H21N3O/c1-15-13(18)7-9-16-10-12-5-2-4-11-6-3-8-17-14(11)12/h2,4-5,16-17H,3,6-10H2,1H3,(H,15,18). The first-order valence-electron chi connectivity index (χ1n) is 6.57. The molecule has 0 saturated carbocycles. The first kappa shape index (κ1) is 12.9. The van der Waals surface area contributed by atoms with E-state index in [1.807, 2.05) is 0 Å². The Morgan fingerprint density at radius 1 is 1.44 bits per heavy atom. The summed E-state index contributed by atoms with van der Waals surface area (Å²) in [4.78, 5) is 11.1. The van der Waals surface area contributed by atoms with Gasteiger partial charge in [0.15, 0.2) is 0 Å². The Hall–Kier alpha value is -1.55. The molecular weight excluding hydrogens is 226 g/mol. The van der Waals surface area contributed by atoms with E-state index < -0.39 is 0 Å². The molecule has 1 aromatic rings. The molecule has 1 aliphatic rings. The monoisotopic (exact) mass is 247 g/mol. The maximum atomic E-state index is 11.1. The molecule has 0 atom stereocenters. The molecule has 1 aliphatic heterocycles. The van der Waals surface area contributed by atoms with Crippen LogP contribution in [0.1, 0.15) is 24.0 Å². The third-order valence-electron chi connectivity index (χ3n) is 3.28. The van der Waals surface area contributed by atoms with E-state index in [4.69, 9.17) is 0 Å². The van der Waals surface area contributed by atoms with Gasteiger partial charge in [-0.2, -0.15) is 0 Å². The van der Waals surface area contributed by atoms with Gasteiger partial charge >= 0.3 is 0 Å². The Morgan fingerprint density at radius 2 is 2.33 bits per heavy atom. The van der Waals surface area contributed by atoms with Gasteiger partial charge in [0.05, 0.1) is 0 Å². The molecule has 1 aromatic carbocycles. The number of nitrogens with one attached hydrogen (secondary N) is 3. The molecule has 0 aliphatic carbocycles. The molecule has 2 rings (SSSR count). The molecule has 0 radical (unpaired) electrons. The van der Waals surface area contributed by atoms with Crippen molar-refractivity contribution in [1.82, 2.24) is 10.6 Å². The number of anilines is 1. The van der Waals surface area contributed by atoms with Gasteiger partial charge in [-0.3, -0.25) is 4.79 Å².